The number of hydrogen-bond acceptors (Lipinski definition) is 3. The molecule has 0 amide bonds. The van der Waals surface area contributed by atoms with Crippen LogP contribution in [0.5, 0.6) is 0 Å². The van der Waals surface area contributed by atoms with Gasteiger partial charge in [-0.3, -0.25) is 0 Å². The summed E-state index contributed by atoms with van der Waals surface area (Å²) in [6.07, 6.45) is 0. The maximum absolute atomic E-state index is 8.69. The molecular formula is C52H33NO2. The number of anilines is 3. The Hall–Kier alpha value is -7.36. The highest BCUT2D eigenvalue weighted by Crippen LogP contribution is 2.46. The van der Waals surface area contributed by atoms with E-state index in [2.05, 4.69) is 102 Å². The first-order valence-corrected chi connectivity index (χ1v) is 18.3. The van der Waals surface area contributed by atoms with Gasteiger partial charge < -0.3 is 13.7 Å². The third-order valence-electron chi connectivity index (χ3n) is 10.6. The number of benzene rings is 9. The number of furan rings is 2. The second-order valence-electron chi connectivity index (χ2n) is 13.7. The molecule has 3 nitrogen and oxygen atoms in total. The van der Waals surface area contributed by atoms with Crippen molar-refractivity contribution in [3.63, 3.8) is 0 Å². The van der Waals surface area contributed by atoms with Gasteiger partial charge in [0.2, 0.25) is 0 Å². The highest BCUT2D eigenvalue weighted by molar-refractivity contribution is 6.14. The average Bonchev–Trinajstić information content (AvgIpc) is 3.87. The van der Waals surface area contributed by atoms with Gasteiger partial charge in [0, 0.05) is 38.9 Å². The maximum Gasteiger partial charge on any atom is 0.159 e. The standard InChI is InChI=1S/C52H33NO2/c1-3-13-34(14-4-1)39-31-32-40(43-18-8-7-17-42(39)43)36-25-27-37(28-26-36)53(38-29-30-45-44-19-9-10-24-49(44)54-50(45)33-38)48-23-12-22-47-46-21-11-20-41(51(46)55-52(47)48)35-15-5-2-6-16-35/h1-33H/i1D,3D,4D,13D,14D. The van der Waals surface area contributed by atoms with Crippen LogP contribution in [-0.2, 0) is 0 Å². The van der Waals surface area contributed by atoms with Crippen molar-refractivity contribution in [3.8, 4) is 33.4 Å². The fourth-order valence-corrected chi connectivity index (χ4v) is 8.05. The van der Waals surface area contributed by atoms with Gasteiger partial charge in [0.25, 0.3) is 0 Å². The van der Waals surface area contributed by atoms with E-state index in [-0.39, 0.29) is 29.7 Å². The van der Waals surface area contributed by atoms with E-state index in [1.807, 2.05) is 72.8 Å². The lowest BCUT2D eigenvalue weighted by Gasteiger charge is -2.26. The van der Waals surface area contributed by atoms with Gasteiger partial charge in [-0.1, -0.05) is 158 Å². The predicted octanol–water partition coefficient (Wildman–Crippen LogP) is 15.1. The number of fused-ring (bicyclic) bond motifs is 7. The van der Waals surface area contributed by atoms with Crippen molar-refractivity contribution in [3.05, 3.63) is 200 Å². The Kier molecular flexibility index (Phi) is 6.07. The molecule has 0 saturated heterocycles. The summed E-state index contributed by atoms with van der Waals surface area (Å²) in [4.78, 5) is 2.21. The Labute approximate surface area is 324 Å². The fourth-order valence-electron chi connectivity index (χ4n) is 8.05. The van der Waals surface area contributed by atoms with Gasteiger partial charge in [-0.25, -0.2) is 0 Å². The first-order valence-electron chi connectivity index (χ1n) is 20.8. The van der Waals surface area contributed by atoms with E-state index in [0.717, 1.165) is 94.0 Å². The molecule has 0 fully saturated rings. The van der Waals surface area contributed by atoms with E-state index in [0.29, 0.717) is 5.56 Å². The summed E-state index contributed by atoms with van der Waals surface area (Å²) < 4.78 is 55.4. The molecule has 3 heteroatoms. The van der Waals surface area contributed by atoms with Crippen LogP contribution in [-0.4, -0.2) is 0 Å². The van der Waals surface area contributed by atoms with Crippen LogP contribution in [0, 0.1) is 0 Å². The Bertz CT molecular complexity index is 3470. The van der Waals surface area contributed by atoms with Crippen LogP contribution in [0.1, 0.15) is 6.85 Å². The topological polar surface area (TPSA) is 29.5 Å². The SMILES string of the molecule is [2H]c1c([2H])c([2H])c(-c2ccc(-c3ccc(N(c4ccc5c(c4)oc4ccccc45)c4cccc5c4oc4c(-c6ccccc6)cccc45)cc3)c3ccccc23)c([2H])c1[2H]. The maximum atomic E-state index is 8.69. The first-order chi connectivity index (χ1) is 29.4. The van der Waals surface area contributed by atoms with Crippen LogP contribution >= 0.6 is 0 Å². The zero-order valence-electron chi connectivity index (χ0n) is 34.4. The van der Waals surface area contributed by atoms with Crippen LogP contribution in [0.15, 0.2) is 209 Å². The van der Waals surface area contributed by atoms with Crippen molar-refractivity contribution in [2.75, 3.05) is 4.90 Å². The quantitative estimate of drug-likeness (QED) is 0.172. The Morgan fingerprint density at radius 1 is 0.364 bits per heavy atom. The van der Waals surface area contributed by atoms with E-state index in [1.54, 1.807) is 0 Å². The molecule has 0 aliphatic rings. The van der Waals surface area contributed by atoms with Crippen molar-refractivity contribution in [2.24, 2.45) is 0 Å². The van der Waals surface area contributed by atoms with Crippen molar-refractivity contribution < 1.29 is 15.7 Å². The largest absolute Gasteiger partial charge is 0.456 e. The second kappa shape index (κ2) is 12.6. The summed E-state index contributed by atoms with van der Waals surface area (Å²) in [7, 11) is 0. The van der Waals surface area contributed by atoms with Gasteiger partial charge in [-0.2, -0.15) is 0 Å². The normalized spacial score (nSPS) is 12.9. The van der Waals surface area contributed by atoms with Gasteiger partial charge in [0.15, 0.2) is 5.58 Å². The molecule has 0 spiro atoms. The molecular weight excluding hydrogens is 671 g/mol. The lowest BCUT2D eigenvalue weighted by atomic mass is 9.92. The highest BCUT2D eigenvalue weighted by Gasteiger charge is 2.22. The number of rotatable bonds is 6. The molecule has 55 heavy (non-hydrogen) atoms. The minimum absolute atomic E-state index is 0.187. The molecule has 0 radical (unpaired) electrons. The average molecular weight is 709 g/mol. The Balaban J connectivity index is 1.08. The molecule has 0 unspecified atom stereocenters. The molecule has 0 N–H and O–H groups in total. The number of para-hydroxylation sites is 3. The summed E-state index contributed by atoms with van der Waals surface area (Å²) in [5, 5.41) is 5.85. The molecule has 258 valence electrons. The Morgan fingerprint density at radius 2 is 0.964 bits per heavy atom. The van der Waals surface area contributed by atoms with E-state index >= 15 is 0 Å². The first kappa shape index (κ1) is 26.4. The van der Waals surface area contributed by atoms with E-state index in [1.165, 1.54) is 0 Å². The predicted molar refractivity (Wildman–Crippen MR) is 229 cm³/mol. The summed E-state index contributed by atoms with van der Waals surface area (Å²) in [5.74, 6) is 0. The van der Waals surface area contributed by atoms with Gasteiger partial charge in [0.1, 0.15) is 16.7 Å². The number of hydrogen-bond donors (Lipinski definition) is 0. The zero-order chi connectivity index (χ0) is 40.6. The van der Waals surface area contributed by atoms with Crippen molar-refractivity contribution in [1.82, 2.24) is 0 Å². The molecule has 0 saturated carbocycles. The van der Waals surface area contributed by atoms with E-state index < -0.39 is 6.04 Å². The molecule has 0 aliphatic heterocycles. The second-order valence-corrected chi connectivity index (χ2v) is 13.7. The summed E-state index contributed by atoms with van der Waals surface area (Å²) in [6, 6.07) is 55.8. The van der Waals surface area contributed by atoms with Crippen molar-refractivity contribution >= 4 is 71.7 Å². The minimum Gasteiger partial charge on any atom is -0.456 e. The Morgan fingerprint density at radius 3 is 1.75 bits per heavy atom. The molecule has 2 aromatic heterocycles. The lowest BCUT2D eigenvalue weighted by molar-refractivity contribution is 0.668. The molecule has 0 atom stereocenters. The van der Waals surface area contributed by atoms with Crippen LogP contribution in [0.4, 0.5) is 17.1 Å². The summed E-state index contributed by atoms with van der Waals surface area (Å²) in [6.45, 7) is 0. The van der Waals surface area contributed by atoms with Crippen LogP contribution in [0.2, 0.25) is 0 Å². The molecule has 11 rings (SSSR count). The van der Waals surface area contributed by atoms with Gasteiger partial charge in [-0.05, 0) is 75.0 Å². The zero-order valence-corrected chi connectivity index (χ0v) is 29.4. The summed E-state index contributed by atoms with van der Waals surface area (Å²) in [5.41, 5.74) is 10.7. The molecule has 0 aliphatic carbocycles. The highest BCUT2D eigenvalue weighted by atomic mass is 16.3. The fraction of sp³-hybridized carbons (Fsp3) is 0. The van der Waals surface area contributed by atoms with Gasteiger partial charge in [-0.15, -0.1) is 0 Å². The molecule has 0 bridgehead atoms. The van der Waals surface area contributed by atoms with Crippen LogP contribution < -0.4 is 4.90 Å². The van der Waals surface area contributed by atoms with Crippen LogP contribution in [0.3, 0.4) is 0 Å². The molecule has 11 aromatic rings. The third-order valence-corrected chi connectivity index (χ3v) is 10.6. The third kappa shape index (κ3) is 5.13. The molecule has 2 heterocycles. The minimum atomic E-state index is -0.408. The van der Waals surface area contributed by atoms with Crippen LogP contribution in [0.25, 0.3) is 88.0 Å². The smallest absolute Gasteiger partial charge is 0.159 e. The van der Waals surface area contributed by atoms with Crippen molar-refractivity contribution in [1.29, 1.82) is 0 Å². The lowest BCUT2D eigenvalue weighted by Crippen LogP contribution is -2.10. The summed E-state index contributed by atoms with van der Waals surface area (Å²) >= 11 is 0. The van der Waals surface area contributed by atoms with Gasteiger partial charge in [0.05, 0.1) is 18.2 Å². The van der Waals surface area contributed by atoms with Crippen molar-refractivity contribution in [2.45, 2.75) is 0 Å². The van der Waals surface area contributed by atoms with Gasteiger partial charge >= 0.3 is 0 Å². The van der Waals surface area contributed by atoms with E-state index in [4.69, 9.17) is 15.7 Å². The molecule has 9 aromatic carbocycles. The number of nitrogens with zero attached hydrogens (tertiary/aromatic N) is 1. The monoisotopic (exact) mass is 708 g/mol. The van der Waals surface area contributed by atoms with E-state index in [9.17, 15) is 0 Å².